The molecule has 0 bridgehead atoms. The summed E-state index contributed by atoms with van der Waals surface area (Å²) in [5.41, 5.74) is 4.49. The van der Waals surface area contributed by atoms with E-state index in [9.17, 15) is 18.0 Å². The molecule has 0 unspecified atom stereocenters. The monoisotopic (exact) mass is 236 g/mol. The van der Waals surface area contributed by atoms with Gasteiger partial charge in [0.2, 0.25) is 5.88 Å². The zero-order valence-electron chi connectivity index (χ0n) is 7.78. The Hall–Kier alpha value is -1.99. The van der Waals surface area contributed by atoms with Crippen LogP contribution in [0.5, 0.6) is 5.88 Å². The predicted molar refractivity (Wildman–Crippen MR) is 47.2 cm³/mol. The minimum atomic E-state index is -4.53. The van der Waals surface area contributed by atoms with Crippen LogP contribution >= 0.6 is 0 Å². The molecule has 0 aliphatic heterocycles. The fraction of sp³-hybridized carbons (Fsp3) is 0.250. The number of nitrogens with two attached hydrogens (primary N) is 1. The van der Waals surface area contributed by atoms with Crippen LogP contribution in [0.15, 0.2) is 12.3 Å². The first-order chi connectivity index (χ1) is 7.31. The van der Waals surface area contributed by atoms with Gasteiger partial charge in [-0.3, -0.25) is 0 Å². The van der Waals surface area contributed by atoms with Crippen molar-refractivity contribution in [3.05, 3.63) is 17.8 Å². The van der Waals surface area contributed by atoms with Crippen molar-refractivity contribution in [2.24, 2.45) is 0 Å². The molecular formula is C8H7F3N2O3. The average Bonchev–Trinajstić information content (AvgIpc) is 2.14. The molecule has 0 saturated carbocycles. The van der Waals surface area contributed by atoms with Crippen LogP contribution in [0.3, 0.4) is 0 Å². The quantitative estimate of drug-likeness (QED) is 0.826. The molecule has 16 heavy (non-hydrogen) atoms. The molecule has 0 atom stereocenters. The molecule has 0 radical (unpaired) electrons. The van der Waals surface area contributed by atoms with Crippen molar-refractivity contribution < 1.29 is 27.8 Å². The summed E-state index contributed by atoms with van der Waals surface area (Å²) in [6.45, 7) is -1.58. The number of aromatic nitrogens is 1. The van der Waals surface area contributed by atoms with Gasteiger partial charge in [-0.25, -0.2) is 9.78 Å². The number of carboxylic acids is 1. The molecule has 8 heteroatoms. The summed E-state index contributed by atoms with van der Waals surface area (Å²) >= 11 is 0. The van der Waals surface area contributed by atoms with E-state index in [2.05, 4.69) is 9.72 Å². The highest BCUT2D eigenvalue weighted by Crippen LogP contribution is 2.24. The van der Waals surface area contributed by atoms with Gasteiger partial charge in [0.05, 0.1) is 5.56 Å². The van der Waals surface area contributed by atoms with Crippen LogP contribution in [0.4, 0.5) is 18.9 Å². The molecule has 1 aromatic rings. The number of halogens is 3. The number of rotatable bonds is 3. The van der Waals surface area contributed by atoms with Crippen molar-refractivity contribution in [3.63, 3.8) is 0 Å². The van der Waals surface area contributed by atoms with Gasteiger partial charge >= 0.3 is 12.1 Å². The fourth-order valence-electron chi connectivity index (χ4n) is 0.906. The van der Waals surface area contributed by atoms with E-state index in [0.29, 0.717) is 0 Å². The van der Waals surface area contributed by atoms with Crippen LogP contribution in [0, 0.1) is 0 Å². The molecule has 1 rings (SSSR count). The number of hydrogen-bond acceptors (Lipinski definition) is 4. The highest BCUT2D eigenvalue weighted by atomic mass is 19.4. The molecule has 0 spiro atoms. The van der Waals surface area contributed by atoms with Crippen molar-refractivity contribution in [2.75, 3.05) is 12.3 Å². The zero-order chi connectivity index (χ0) is 12.3. The smallest absolute Gasteiger partial charge is 0.422 e. The van der Waals surface area contributed by atoms with Gasteiger partial charge in [-0.05, 0) is 6.07 Å². The van der Waals surface area contributed by atoms with E-state index in [0.717, 1.165) is 12.3 Å². The lowest BCUT2D eigenvalue weighted by molar-refractivity contribution is -0.153. The third kappa shape index (κ3) is 3.01. The molecule has 0 aromatic carbocycles. The van der Waals surface area contributed by atoms with E-state index in [-0.39, 0.29) is 5.56 Å². The maximum absolute atomic E-state index is 11.8. The van der Waals surface area contributed by atoms with Crippen molar-refractivity contribution in [1.82, 2.24) is 4.98 Å². The predicted octanol–water partition coefficient (Wildman–Crippen LogP) is 1.30. The first-order valence-corrected chi connectivity index (χ1v) is 3.98. The Morgan fingerprint density at radius 1 is 1.56 bits per heavy atom. The highest BCUT2D eigenvalue weighted by molar-refractivity contribution is 5.94. The van der Waals surface area contributed by atoms with Crippen LogP contribution in [0.25, 0.3) is 0 Å². The topological polar surface area (TPSA) is 85.4 Å². The van der Waals surface area contributed by atoms with Crippen molar-refractivity contribution >= 4 is 11.7 Å². The van der Waals surface area contributed by atoms with Crippen LogP contribution in [-0.2, 0) is 0 Å². The zero-order valence-corrected chi connectivity index (χ0v) is 7.78. The number of alkyl halides is 3. The van der Waals surface area contributed by atoms with Crippen LogP contribution in [-0.4, -0.2) is 28.8 Å². The number of anilines is 1. The largest absolute Gasteiger partial charge is 0.478 e. The third-order valence-corrected chi connectivity index (χ3v) is 1.56. The van der Waals surface area contributed by atoms with E-state index in [1.165, 1.54) is 0 Å². The number of nitrogen functional groups attached to an aromatic ring is 1. The second kappa shape index (κ2) is 4.25. The molecule has 88 valence electrons. The number of carbonyl (C=O) groups is 1. The van der Waals surface area contributed by atoms with E-state index < -0.39 is 30.3 Å². The lowest BCUT2D eigenvalue weighted by Gasteiger charge is -2.10. The summed E-state index contributed by atoms with van der Waals surface area (Å²) in [4.78, 5) is 14.0. The standard InChI is InChI=1S/C8H7F3N2O3/c9-8(10,11)3-16-6-5(12)4(7(14)15)1-2-13-6/h1-2H,3,12H2,(H,14,15). The molecule has 0 saturated heterocycles. The second-order valence-electron chi connectivity index (χ2n) is 2.79. The average molecular weight is 236 g/mol. The maximum Gasteiger partial charge on any atom is 0.422 e. The van der Waals surface area contributed by atoms with Gasteiger partial charge < -0.3 is 15.6 Å². The lowest BCUT2D eigenvalue weighted by atomic mass is 10.2. The van der Waals surface area contributed by atoms with Crippen molar-refractivity contribution in [3.8, 4) is 5.88 Å². The third-order valence-electron chi connectivity index (χ3n) is 1.56. The lowest BCUT2D eigenvalue weighted by Crippen LogP contribution is -2.20. The molecule has 1 aromatic heterocycles. The molecule has 5 nitrogen and oxygen atoms in total. The van der Waals surface area contributed by atoms with E-state index in [4.69, 9.17) is 10.8 Å². The summed E-state index contributed by atoms with van der Waals surface area (Å²) in [6, 6.07) is 1.07. The Kier molecular flexibility index (Phi) is 3.21. The van der Waals surface area contributed by atoms with E-state index >= 15 is 0 Å². The summed E-state index contributed by atoms with van der Waals surface area (Å²) < 4.78 is 39.7. The Bertz CT molecular complexity index is 406. The van der Waals surface area contributed by atoms with E-state index in [1.54, 1.807) is 0 Å². The number of ether oxygens (including phenoxy) is 1. The Morgan fingerprint density at radius 2 is 2.19 bits per heavy atom. The SMILES string of the molecule is Nc1c(C(=O)O)ccnc1OCC(F)(F)F. The van der Waals surface area contributed by atoms with Crippen molar-refractivity contribution in [2.45, 2.75) is 6.18 Å². The summed E-state index contributed by atoms with van der Waals surface area (Å²) in [7, 11) is 0. The fourth-order valence-corrected chi connectivity index (χ4v) is 0.906. The minimum Gasteiger partial charge on any atom is -0.478 e. The van der Waals surface area contributed by atoms with Crippen LogP contribution in [0.2, 0.25) is 0 Å². The number of carboxylic acid groups (broad SMARTS) is 1. The summed E-state index contributed by atoms with van der Waals surface area (Å²) in [5, 5.41) is 8.63. The summed E-state index contributed by atoms with van der Waals surface area (Å²) in [5.74, 6) is -1.91. The first-order valence-electron chi connectivity index (χ1n) is 3.98. The number of nitrogens with zero attached hydrogens (tertiary/aromatic N) is 1. The maximum atomic E-state index is 11.8. The molecule has 0 aliphatic rings. The molecule has 0 aliphatic carbocycles. The molecule has 3 N–H and O–H groups in total. The van der Waals surface area contributed by atoms with Gasteiger partial charge in [-0.2, -0.15) is 13.2 Å². The molecule has 0 amide bonds. The van der Waals surface area contributed by atoms with Gasteiger partial charge in [0.1, 0.15) is 5.69 Å². The van der Waals surface area contributed by atoms with Gasteiger partial charge in [0.25, 0.3) is 0 Å². The highest BCUT2D eigenvalue weighted by Gasteiger charge is 2.29. The van der Waals surface area contributed by atoms with Crippen LogP contribution in [0.1, 0.15) is 10.4 Å². The van der Waals surface area contributed by atoms with Crippen LogP contribution < -0.4 is 10.5 Å². The Morgan fingerprint density at radius 3 is 2.69 bits per heavy atom. The Labute approximate surface area is 87.7 Å². The van der Waals surface area contributed by atoms with Gasteiger partial charge in [-0.1, -0.05) is 0 Å². The van der Waals surface area contributed by atoms with E-state index in [1.807, 2.05) is 0 Å². The van der Waals surface area contributed by atoms with Crippen molar-refractivity contribution in [1.29, 1.82) is 0 Å². The number of aromatic carboxylic acids is 1. The normalized spacial score (nSPS) is 11.2. The minimum absolute atomic E-state index is 0.354. The van der Waals surface area contributed by atoms with Gasteiger partial charge in [-0.15, -0.1) is 0 Å². The molecule has 0 fully saturated rings. The summed E-state index contributed by atoms with van der Waals surface area (Å²) in [6.07, 6.45) is -3.53. The van der Waals surface area contributed by atoms with Gasteiger partial charge in [0, 0.05) is 6.20 Å². The number of pyridine rings is 1. The Balaban J connectivity index is 2.90. The number of hydrogen-bond donors (Lipinski definition) is 2. The molecular weight excluding hydrogens is 229 g/mol. The first kappa shape index (κ1) is 12.1. The second-order valence-corrected chi connectivity index (χ2v) is 2.79. The molecule has 1 heterocycles. The van der Waals surface area contributed by atoms with Gasteiger partial charge in [0.15, 0.2) is 6.61 Å².